The van der Waals surface area contributed by atoms with E-state index in [2.05, 4.69) is 20.7 Å². The van der Waals surface area contributed by atoms with Crippen molar-refractivity contribution < 1.29 is 12.8 Å². The quantitative estimate of drug-likeness (QED) is 0.840. The number of nitrogens with two attached hydrogens (primary N) is 1. The molecule has 0 atom stereocenters. The molecule has 0 aliphatic carbocycles. The molecule has 100 valence electrons. The van der Waals surface area contributed by atoms with Gasteiger partial charge in [-0.15, -0.1) is 0 Å². The van der Waals surface area contributed by atoms with E-state index in [4.69, 9.17) is 5.73 Å². The van der Waals surface area contributed by atoms with Gasteiger partial charge in [0.2, 0.25) is 0 Å². The summed E-state index contributed by atoms with van der Waals surface area (Å²) in [4.78, 5) is -0.285. The molecule has 0 aromatic heterocycles. The van der Waals surface area contributed by atoms with E-state index < -0.39 is 21.5 Å². The third kappa shape index (κ3) is 3.05. The number of hydrogen-bond donors (Lipinski definition) is 2. The number of para-hydroxylation sites is 1. The van der Waals surface area contributed by atoms with Gasteiger partial charge in [0, 0.05) is 10.2 Å². The minimum Gasteiger partial charge on any atom is -0.395 e. The first kappa shape index (κ1) is 13.8. The third-order valence-corrected chi connectivity index (χ3v) is 4.31. The van der Waals surface area contributed by atoms with Crippen molar-refractivity contribution in [1.29, 1.82) is 0 Å². The molecule has 0 saturated heterocycles. The van der Waals surface area contributed by atoms with Crippen LogP contribution >= 0.6 is 15.9 Å². The zero-order chi connectivity index (χ0) is 14.0. The van der Waals surface area contributed by atoms with Crippen LogP contribution in [0.4, 0.5) is 15.8 Å². The highest BCUT2D eigenvalue weighted by Gasteiger charge is 2.19. The van der Waals surface area contributed by atoms with E-state index in [9.17, 15) is 12.8 Å². The van der Waals surface area contributed by atoms with Crippen molar-refractivity contribution in [2.24, 2.45) is 0 Å². The van der Waals surface area contributed by atoms with Crippen LogP contribution in [0.3, 0.4) is 0 Å². The van der Waals surface area contributed by atoms with Crippen molar-refractivity contribution in [3.8, 4) is 0 Å². The molecule has 0 bridgehead atoms. The predicted molar refractivity (Wildman–Crippen MR) is 75.8 cm³/mol. The lowest BCUT2D eigenvalue weighted by Crippen LogP contribution is -2.15. The molecule has 0 heterocycles. The lowest BCUT2D eigenvalue weighted by atomic mass is 10.3. The van der Waals surface area contributed by atoms with Crippen LogP contribution in [0, 0.1) is 5.82 Å². The summed E-state index contributed by atoms with van der Waals surface area (Å²) >= 11 is 3.23. The Morgan fingerprint density at radius 1 is 1.16 bits per heavy atom. The molecule has 0 unspecified atom stereocenters. The maximum absolute atomic E-state index is 13.3. The highest BCUT2D eigenvalue weighted by Crippen LogP contribution is 2.24. The number of rotatable bonds is 3. The molecule has 7 heteroatoms. The standard InChI is InChI=1S/C12H10BrFN2O2S/c13-8-3-1-4-9(7-8)16-19(17,18)11-6-2-5-10(14)12(11)15/h1-7,16H,15H2. The normalized spacial score (nSPS) is 11.3. The molecular weight excluding hydrogens is 335 g/mol. The molecule has 0 spiro atoms. The first-order chi connectivity index (χ1) is 8.90. The second-order valence-corrected chi connectivity index (χ2v) is 6.33. The van der Waals surface area contributed by atoms with Crippen LogP contribution in [0.2, 0.25) is 0 Å². The largest absolute Gasteiger partial charge is 0.395 e. The van der Waals surface area contributed by atoms with Gasteiger partial charge in [0.15, 0.2) is 0 Å². The summed E-state index contributed by atoms with van der Waals surface area (Å²) in [7, 11) is -3.92. The van der Waals surface area contributed by atoms with E-state index in [1.807, 2.05) is 0 Å². The Hall–Kier alpha value is -1.60. The number of nitrogen functional groups attached to an aromatic ring is 1. The van der Waals surface area contributed by atoms with Crippen LogP contribution in [0.15, 0.2) is 51.8 Å². The molecule has 0 fully saturated rings. The molecular formula is C12H10BrFN2O2S. The minimum absolute atomic E-state index is 0.285. The first-order valence-electron chi connectivity index (χ1n) is 5.22. The van der Waals surface area contributed by atoms with Gasteiger partial charge in [0.25, 0.3) is 10.0 Å². The Bertz CT molecular complexity index is 719. The van der Waals surface area contributed by atoms with Crippen LogP contribution in [0.5, 0.6) is 0 Å². The second kappa shape index (κ2) is 5.18. The van der Waals surface area contributed by atoms with Crippen molar-refractivity contribution in [2.45, 2.75) is 4.90 Å². The molecule has 0 amide bonds. The van der Waals surface area contributed by atoms with Crippen molar-refractivity contribution in [1.82, 2.24) is 0 Å². The predicted octanol–water partition coefficient (Wildman–Crippen LogP) is 2.97. The van der Waals surface area contributed by atoms with E-state index >= 15 is 0 Å². The molecule has 0 aliphatic heterocycles. The molecule has 2 aromatic rings. The molecule has 2 aromatic carbocycles. The van der Waals surface area contributed by atoms with E-state index in [1.165, 1.54) is 12.1 Å². The van der Waals surface area contributed by atoms with Crippen molar-refractivity contribution in [3.05, 3.63) is 52.8 Å². The average molecular weight is 345 g/mol. The summed E-state index contributed by atoms with van der Waals surface area (Å²) in [6, 6.07) is 10.3. The Labute approximate surface area is 118 Å². The van der Waals surface area contributed by atoms with Crippen LogP contribution in [0.25, 0.3) is 0 Å². The molecule has 0 radical (unpaired) electrons. The Morgan fingerprint density at radius 2 is 1.84 bits per heavy atom. The third-order valence-electron chi connectivity index (χ3n) is 2.38. The van der Waals surface area contributed by atoms with Gasteiger partial charge < -0.3 is 5.73 Å². The van der Waals surface area contributed by atoms with Gasteiger partial charge in [0.1, 0.15) is 10.7 Å². The van der Waals surface area contributed by atoms with Crippen LogP contribution in [0.1, 0.15) is 0 Å². The van der Waals surface area contributed by atoms with E-state index in [0.29, 0.717) is 5.69 Å². The van der Waals surface area contributed by atoms with Crippen molar-refractivity contribution in [2.75, 3.05) is 10.5 Å². The maximum Gasteiger partial charge on any atom is 0.264 e. The summed E-state index contributed by atoms with van der Waals surface area (Å²) in [5.41, 5.74) is 5.41. The van der Waals surface area contributed by atoms with Gasteiger partial charge in [0.05, 0.1) is 5.69 Å². The van der Waals surface area contributed by atoms with E-state index in [0.717, 1.165) is 10.5 Å². The van der Waals surface area contributed by atoms with E-state index in [-0.39, 0.29) is 4.90 Å². The number of anilines is 2. The SMILES string of the molecule is Nc1c(F)cccc1S(=O)(=O)Nc1cccc(Br)c1. The maximum atomic E-state index is 13.3. The molecule has 0 saturated carbocycles. The molecule has 3 N–H and O–H groups in total. The van der Waals surface area contributed by atoms with Gasteiger partial charge in [-0.3, -0.25) is 4.72 Å². The number of halogens is 2. The fraction of sp³-hybridized carbons (Fsp3) is 0. The Kier molecular flexibility index (Phi) is 3.77. The monoisotopic (exact) mass is 344 g/mol. The first-order valence-corrected chi connectivity index (χ1v) is 7.50. The van der Waals surface area contributed by atoms with Gasteiger partial charge in [-0.2, -0.15) is 0 Å². The summed E-state index contributed by atoms with van der Waals surface area (Å²) in [5.74, 6) is -0.767. The molecule has 4 nitrogen and oxygen atoms in total. The van der Waals surface area contributed by atoms with E-state index in [1.54, 1.807) is 24.3 Å². The highest BCUT2D eigenvalue weighted by molar-refractivity contribution is 9.10. The molecule has 2 rings (SSSR count). The minimum atomic E-state index is -3.92. The van der Waals surface area contributed by atoms with Gasteiger partial charge in [-0.1, -0.05) is 28.1 Å². The summed E-state index contributed by atoms with van der Waals surface area (Å²) < 4.78 is 40.6. The number of sulfonamides is 1. The number of nitrogens with one attached hydrogen (secondary N) is 1. The number of hydrogen-bond acceptors (Lipinski definition) is 3. The fourth-order valence-corrected chi connectivity index (χ4v) is 3.10. The van der Waals surface area contributed by atoms with Crippen LogP contribution in [-0.4, -0.2) is 8.42 Å². The lowest BCUT2D eigenvalue weighted by molar-refractivity contribution is 0.597. The summed E-state index contributed by atoms with van der Waals surface area (Å²) in [6.07, 6.45) is 0. The zero-order valence-electron chi connectivity index (χ0n) is 9.60. The lowest BCUT2D eigenvalue weighted by Gasteiger charge is -2.10. The Balaban J connectivity index is 2.41. The van der Waals surface area contributed by atoms with Crippen LogP contribution in [-0.2, 0) is 10.0 Å². The van der Waals surface area contributed by atoms with Crippen molar-refractivity contribution in [3.63, 3.8) is 0 Å². The summed E-state index contributed by atoms with van der Waals surface area (Å²) in [6.45, 7) is 0. The van der Waals surface area contributed by atoms with Crippen molar-refractivity contribution >= 4 is 37.3 Å². The van der Waals surface area contributed by atoms with Crippen LogP contribution < -0.4 is 10.5 Å². The highest BCUT2D eigenvalue weighted by atomic mass is 79.9. The van der Waals surface area contributed by atoms with Gasteiger partial charge in [-0.25, -0.2) is 12.8 Å². The summed E-state index contributed by atoms with van der Waals surface area (Å²) in [5, 5.41) is 0. The Morgan fingerprint density at radius 3 is 2.53 bits per heavy atom. The van der Waals surface area contributed by atoms with Gasteiger partial charge >= 0.3 is 0 Å². The molecule has 0 aliphatic rings. The second-order valence-electron chi connectivity index (χ2n) is 3.77. The van der Waals surface area contributed by atoms with Gasteiger partial charge in [-0.05, 0) is 30.3 Å². The fourth-order valence-electron chi connectivity index (χ4n) is 1.51. The topological polar surface area (TPSA) is 72.2 Å². The zero-order valence-corrected chi connectivity index (χ0v) is 12.0. The smallest absolute Gasteiger partial charge is 0.264 e. The molecule has 19 heavy (non-hydrogen) atoms. The number of benzene rings is 2. The average Bonchev–Trinajstić information content (AvgIpc) is 2.32.